The second-order valence-electron chi connectivity index (χ2n) is 5.65. The third-order valence-corrected chi connectivity index (χ3v) is 3.97. The number of hydrogen-bond donors (Lipinski definition) is 2. The first-order valence-electron chi connectivity index (χ1n) is 7.69. The van der Waals surface area contributed by atoms with E-state index >= 15 is 0 Å². The van der Waals surface area contributed by atoms with Gasteiger partial charge in [0, 0.05) is 12.8 Å². The maximum absolute atomic E-state index is 11.9. The second-order valence-corrected chi connectivity index (χ2v) is 5.65. The summed E-state index contributed by atoms with van der Waals surface area (Å²) in [6.45, 7) is 0.0628. The number of hydrogen-bond acceptors (Lipinski definition) is 5. The minimum Gasteiger partial charge on any atom is -0.445 e. The Morgan fingerprint density at radius 2 is 1.83 bits per heavy atom. The van der Waals surface area contributed by atoms with Gasteiger partial charge in [0.2, 0.25) is 17.7 Å². The highest BCUT2D eigenvalue weighted by Crippen LogP contribution is 2.20. The average molecular weight is 331 g/mol. The number of β-lactam (4-membered cyclic amide) rings is 1. The molecular formula is C16H17N3O5. The van der Waals surface area contributed by atoms with Crippen molar-refractivity contribution in [2.24, 2.45) is 0 Å². The summed E-state index contributed by atoms with van der Waals surface area (Å²) in [4.78, 5) is 48.3. The molecule has 0 radical (unpaired) electrons. The first kappa shape index (κ1) is 16.0. The highest BCUT2D eigenvalue weighted by Gasteiger charge is 2.48. The molecule has 3 rings (SSSR count). The van der Waals surface area contributed by atoms with Gasteiger partial charge in [-0.05, 0) is 12.0 Å². The molecule has 0 aliphatic carbocycles. The van der Waals surface area contributed by atoms with E-state index in [4.69, 9.17) is 4.74 Å². The summed E-state index contributed by atoms with van der Waals surface area (Å²) in [5.74, 6) is -1.15. The Hall–Kier alpha value is -2.90. The minimum atomic E-state index is -0.987. The van der Waals surface area contributed by atoms with Gasteiger partial charge in [0.1, 0.15) is 12.8 Å². The highest BCUT2D eigenvalue weighted by atomic mass is 16.5. The van der Waals surface area contributed by atoms with E-state index in [2.05, 4.69) is 10.6 Å². The van der Waals surface area contributed by atoms with E-state index in [1.165, 1.54) is 0 Å². The third-order valence-electron chi connectivity index (χ3n) is 3.97. The lowest BCUT2D eigenvalue weighted by Gasteiger charge is -2.43. The molecule has 126 valence electrons. The van der Waals surface area contributed by atoms with E-state index in [1.54, 1.807) is 12.1 Å². The number of likely N-dealkylation sites (tertiary alicyclic amines) is 1. The van der Waals surface area contributed by atoms with Crippen LogP contribution in [0.4, 0.5) is 4.79 Å². The number of imide groups is 1. The molecule has 2 saturated heterocycles. The Labute approximate surface area is 138 Å². The Balaban J connectivity index is 1.57. The summed E-state index contributed by atoms with van der Waals surface area (Å²) in [6, 6.07) is 8.10. The van der Waals surface area contributed by atoms with Crippen LogP contribution in [0.1, 0.15) is 24.8 Å². The first-order chi connectivity index (χ1) is 11.6. The van der Waals surface area contributed by atoms with Gasteiger partial charge in [-0.15, -0.1) is 0 Å². The van der Waals surface area contributed by atoms with E-state index in [0.29, 0.717) is 6.42 Å². The predicted octanol–water partition coefficient (Wildman–Crippen LogP) is 0.276. The van der Waals surface area contributed by atoms with Crippen LogP contribution < -0.4 is 10.6 Å². The van der Waals surface area contributed by atoms with Crippen molar-refractivity contribution in [2.75, 3.05) is 0 Å². The summed E-state index contributed by atoms with van der Waals surface area (Å²) in [7, 11) is 0. The first-order valence-corrected chi connectivity index (χ1v) is 7.69. The van der Waals surface area contributed by atoms with Crippen LogP contribution in [0.5, 0.6) is 0 Å². The van der Waals surface area contributed by atoms with Gasteiger partial charge in [0.25, 0.3) is 0 Å². The van der Waals surface area contributed by atoms with Crippen molar-refractivity contribution < 1.29 is 23.9 Å². The summed E-state index contributed by atoms with van der Waals surface area (Å²) in [5.41, 5.74) is 0.809. The fourth-order valence-corrected chi connectivity index (χ4v) is 2.70. The fraction of sp³-hybridized carbons (Fsp3) is 0.375. The second kappa shape index (κ2) is 6.69. The van der Waals surface area contributed by atoms with Crippen molar-refractivity contribution in [2.45, 2.75) is 38.1 Å². The molecule has 24 heavy (non-hydrogen) atoms. The number of carbonyl (C=O) groups is 4. The molecule has 2 aliphatic heterocycles. The SMILES string of the molecule is O=C(N[C@@H]1C(=O)N[C@H]1N1C(=O)CCCC1=O)OCc1ccccc1. The molecule has 2 N–H and O–H groups in total. The summed E-state index contributed by atoms with van der Waals surface area (Å²) < 4.78 is 5.05. The topological polar surface area (TPSA) is 105 Å². The molecule has 1 aromatic rings. The number of benzene rings is 1. The van der Waals surface area contributed by atoms with Crippen LogP contribution in [0.15, 0.2) is 30.3 Å². The van der Waals surface area contributed by atoms with E-state index in [9.17, 15) is 19.2 Å². The Morgan fingerprint density at radius 1 is 1.17 bits per heavy atom. The van der Waals surface area contributed by atoms with E-state index in [0.717, 1.165) is 10.5 Å². The average Bonchev–Trinajstić information content (AvgIpc) is 2.58. The molecule has 1 aromatic carbocycles. The molecular weight excluding hydrogens is 314 g/mol. The summed E-state index contributed by atoms with van der Waals surface area (Å²) in [5, 5.41) is 4.88. The number of rotatable bonds is 4. The van der Waals surface area contributed by atoms with Crippen LogP contribution in [0.2, 0.25) is 0 Å². The summed E-state index contributed by atoms with van der Waals surface area (Å²) in [6.07, 6.45) is -0.610. The largest absolute Gasteiger partial charge is 0.445 e. The quantitative estimate of drug-likeness (QED) is 0.609. The molecule has 0 bridgehead atoms. The number of nitrogens with zero attached hydrogens (tertiary/aromatic N) is 1. The van der Waals surface area contributed by atoms with Crippen LogP contribution in [0, 0.1) is 0 Å². The highest BCUT2D eigenvalue weighted by molar-refractivity contribution is 6.01. The lowest BCUT2D eigenvalue weighted by Crippen LogP contribution is -2.76. The molecule has 2 fully saturated rings. The monoisotopic (exact) mass is 331 g/mol. The molecule has 2 atom stereocenters. The van der Waals surface area contributed by atoms with Crippen LogP contribution in [-0.2, 0) is 25.7 Å². The number of carbonyl (C=O) groups excluding carboxylic acids is 4. The zero-order valence-corrected chi connectivity index (χ0v) is 12.9. The van der Waals surface area contributed by atoms with Gasteiger partial charge in [-0.3, -0.25) is 19.3 Å². The number of ether oxygens (including phenoxy) is 1. The van der Waals surface area contributed by atoms with Gasteiger partial charge in [-0.25, -0.2) is 4.79 Å². The van der Waals surface area contributed by atoms with Crippen molar-refractivity contribution >= 4 is 23.8 Å². The van der Waals surface area contributed by atoms with Crippen molar-refractivity contribution in [3.05, 3.63) is 35.9 Å². The molecule has 8 heteroatoms. The van der Waals surface area contributed by atoms with Gasteiger partial charge in [-0.1, -0.05) is 30.3 Å². The van der Waals surface area contributed by atoms with Gasteiger partial charge >= 0.3 is 6.09 Å². The Morgan fingerprint density at radius 3 is 2.46 bits per heavy atom. The number of nitrogens with one attached hydrogen (secondary N) is 2. The lowest BCUT2D eigenvalue weighted by molar-refractivity contribution is -0.158. The standard InChI is InChI=1S/C16H17N3O5/c20-11-7-4-8-12(21)19(11)14-13(15(22)18-14)17-16(23)24-9-10-5-2-1-3-6-10/h1-3,5-6,13-14H,4,7-9H2,(H,17,23)(H,18,22)/t13-,14-/m0/s1. The molecule has 0 unspecified atom stereocenters. The Kier molecular flexibility index (Phi) is 4.45. The maximum Gasteiger partial charge on any atom is 0.408 e. The third kappa shape index (κ3) is 3.22. The molecule has 0 spiro atoms. The van der Waals surface area contributed by atoms with Crippen molar-refractivity contribution in [3.8, 4) is 0 Å². The molecule has 4 amide bonds. The normalized spacial score (nSPS) is 23.3. The van der Waals surface area contributed by atoms with Crippen LogP contribution in [0.25, 0.3) is 0 Å². The van der Waals surface area contributed by atoms with Crippen molar-refractivity contribution in [1.82, 2.24) is 15.5 Å². The van der Waals surface area contributed by atoms with Crippen LogP contribution >= 0.6 is 0 Å². The van der Waals surface area contributed by atoms with Crippen LogP contribution in [-0.4, -0.2) is 40.9 Å². The minimum absolute atomic E-state index is 0.0628. The number of piperidine rings is 1. The predicted molar refractivity (Wildman–Crippen MR) is 81.2 cm³/mol. The van der Waals surface area contributed by atoms with E-state index < -0.39 is 24.2 Å². The molecule has 2 heterocycles. The van der Waals surface area contributed by atoms with E-state index in [1.807, 2.05) is 18.2 Å². The number of amides is 4. The maximum atomic E-state index is 11.9. The van der Waals surface area contributed by atoms with Gasteiger partial charge in [0.15, 0.2) is 6.04 Å². The smallest absolute Gasteiger partial charge is 0.408 e. The zero-order valence-electron chi connectivity index (χ0n) is 12.9. The van der Waals surface area contributed by atoms with Crippen molar-refractivity contribution in [1.29, 1.82) is 0 Å². The molecule has 0 aromatic heterocycles. The molecule has 0 saturated carbocycles. The van der Waals surface area contributed by atoms with Gasteiger partial charge in [0.05, 0.1) is 0 Å². The lowest BCUT2D eigenvalue weighted by atomic mass is 10.0. The van der Waals surface area contributed by atoms with Gasteiger partial charge < -0.3 is 15.4 Å². The van der Waals surface area contributed by atoms with E-state index in [-0.39, 0.29) is 31.3 Å². The zero-order chi connectivity index (χ0) is 17.1. The molecule has 8 nitrogen and oxygen atoms in total. The van der Waals surface area contributed by atoms with Crippen LogP contribution in [0.3, 0.4) is 0 Å². The van der Waals surface area contributed by atoms with Crippen molar-refractivity contribution in [3.63, 3.8) is 0 Å². The molecule has 2 aliphatic rings. The van der Waals surface area contributed by atoms with Gasteiger partial charge in [-0.2, -0.15) is 0 Å². The fourth-order valence-electron chi connectivity index (χ4n) is 2.70. The number of alkyl carbamates (subject to hydrolysis) is 1. The Bertz CT molecular complexity index is 660. The summed E-state index contributed by atoms with van der Waals surface area (Å²) >= 11 is 0.